The van der Waals surface area contributed by atoms with E-state index in [0.717, 1.165) is 15.8 Å². The van der Waals surface area contributed by atoms with Crippen molar-refractivity contribution < 1.29 is 32.2 Å². The molecule has 1 aliphatic heterocycles. The second-order valence-corrected chi connectivity index (χ2v) is 10.8. The van der Waals surface area contributed by atoms with E-state index in [0.29, 0.717) is 29.8 Å². The van der Waals surface area contributed by atoms with Crippen LogP contribution in [-0.2, 0) is 19.6 Å². The molecule has 0 spiro atoms. The number of rotatable bonds is 7. The Kier molecular flexibility index (Phi) is 6.68. The minimum atomic E-state index is -3.90. The summed E-state index contributed by atoms with van der Waals surface area (Å²) in [4.78, 5) is 28.9. The Morgan fingerprint density at radius 2 is 1.76 bits per heavy atom. The Hall–Kier alpha value is -4.16. The van der Waals surface area contributed by atoms with Crippen LogP contribution in [0.3, 0.4) is 0 Å². The van der Waals surface area contributed by atoms with E-state index in [2.05, 4.69) is 15.0 Å². The molecule has 2 heterocycles. The molecule has 0 aliphatic carbocycles. The van der Waals surface area contributed by atoms with Crippen LogP contribution in [0, 0.1) is 6.92 Å². The predicted octanol–water partition coefficient (Wildman–Crippen LogP) is 3.97. The number of aryl methyl sites for hydroxylation is 1. The van der Waals surface area contributed by atoms with Gasteiger partial charge in [-0.1, -0.05) is 17.4 Å². The molecule has 0 saturated carbocycles. The zero-order valence-electron chi connectivity index (χ0n) is 19.5. The van der Waals surface area contributed by atoms with E-state index in [9.17, 15) is 18.0 Å². The van der Waals surface area contributed by atoms with Gasteiger partial charge >= 0.3 is 5.97 Å². The van der Waals surface area contributed by atoms with Crippen LogP contribution in [0.1, 0.15) is 15.9 Å². The first-order valence-electron chi connectivity index (χ1n) is 11.1. The van der Waals surface area contributed by atoms with Gasteiger partial charge in [-0.25, -0.2) is 18.2 Å². The van der Waals surface area contributed by atoms with Gasteiger partial charge in [0.2, 0.25) is 0 Å². The molecule has 0 radical (unpaired) electrons. The van der Waals surface area contributed by atoms with E-state index >= 15 is 0 Å². The first kappa shape index (κ1) is 24.5. The molecule has 37 heavy (non-hydrogen) atoms. The van der Waals surface area contributed by atoms with Gasteiger partial charge in [-0.15, -0.1) is 0 Å². The van der Waals surface area contributed by atoms with Gasteiger partial charge in [0.1, 0.15) is 13.2 Å². The van der Waals surface area contributed by atoms with Crippen molar-refractivity contribution in [1.82, 2.24) is 4.98 Å². The van der Waals surface area contributed by atoms with Crippen LogP contribution < -0.4 is 19.5 Å². The number of esters is 1. The van der Waals surface area contributed by atoms with Crippen LogP contribution in [0.25, 0.3) is 10.2 Å². The number of amides is 1. The molecule has 0 fully saturated rings. The number of nitrogens with zero attached hydrogens (tertiary/aromatic N) is 1. The standard InChI is InChI=1S/C25H21N3O7S2/c1-15-2-8-19-22(12-15)36-25(26-19)27-23(29)14-35-24(30)16-3-5-17(6-4-16)28-37(31,32)18-7-9-20-21(13-18)34-11-10-33-20/h2-9,12-13,28H,10-11,14H2,1H3,(H,26,27,29). The molecule has 5 rings (SSSR count). The molecular formula is C25H21N3O7S2. The van der Waals surface area contributed by atoms with Crippen molar-refractivity contribution in [2.75, 3.05) is 29.9 Å². The largest absolute Gasteiger partial charge is 0.486 e. The van der Waals surface area contributed by atoms with E-state index in [4.69, 9.17) is 14.2 Å². The molecule has 0 atom stereocenters. The number of carbonyl (C=O) groups excluding carboxylic acids is 2. The summed E-state index contributed by atoms with van der Waals surface area (Å²) in [5.41, 5.74) is 2.26. The van der Waals surface area contributed by atoms with Crippen molar-refractivity contribution in [2.24, 2.45) is 0 Å². The molecule has 1 aliphatic rings. The monoisotopic (exact) mass is 539 g/mol. The van der Waals surface area contributed by atoms with Gasteiger partial charge in [-0.3, -0.25) is 14.8 Å². The number of carbonyl (C=O) groups is 2. The summed E-state index contributed by atoms with van der Waals surface area (Å²) in [5.74, 6) is -0.407. The van der Waals surface area contributed by atoms with Gasteiger partial charge in [-0.05, 0) is 61.0 Å². The summed E-state index contributed by atoms with van der Waals surface area (Å²) in [6.07, 6.45) is 0. The average molecular weight is 540 g/mol. The summed E-state index contributed by atoms with van der Waals surface area (Å²) >= 11 is 1.33. The van der Waals surface area contributed by atoms with Crippen LogP contribution in [0.5, 0.6) is 11.5 Å². The quantitative estimate of drug-likeness (QED) is 0.337. The highest BCUT2D eigenvalue weighted by Gasteiger charge is 2.20. The first-order valence-corrected chi connectivity index (χ1v) is 13.4. The van der Waals surface area contributed by atoms with Crippen molar-refractivity contribution in [1.29, 1.82) is 0 Å². The number of fused-ring (bicyclic) bond motifs is 2. The van der Waals surface area contributed by atoms with E-state index in [1.54, 1.807) is 0 Å². The number of thiazole rings is 1. The highest BCUT2D eigenvalue weighted by molar-refractivity contribution is 7.92. The number of sulfonamides is 1. The van der Waals surface area contributed by atoms with Crippen LogP contribution in [-0.4, -0.2) is 45.1 Å². The number of aromatic nitrogens is 1. The number of ether oxygens (including phenoxy) is 3. The summed E-state index contributed by atoms with van der Waals surface area (Å²) in [5, 5.41) is 3.04. The number of hydrogen-bond acceptors (Lipinski definition) is 9. The number of anilines is 2. The molecule has 190 valence electrons. The number of hydrogen-bond donors (Lipinski definition) is 2. The lowest BCUT2D eigenvalue weighted by molar-refractivity contribution is -0.119. The lowest BCUT2D eigenvalue weighted by Gasteiger charge is -2.19. The maximum atomic E-state index is 12.8. The molecule has 0 saturated heterocycles. The van der Waals surface area contributed by atoms with Gasteiger partial charge in [0.15, 0.2) is 23.2 Å². The van der Waals surface area contributed by atoms with E-state index in [1.807, 2.05) is 25.1 Å². The predicted molar refractivity (Wildman–Crippen MR) is 138 cm³/mol. The highest BCUT2D eigenvalue weighted by atomic mass is 32.2. The molecule has 4 aromatic rings. The summed E-state index contributed by atoms with van der Waals surface area (Å²) in [7, 11) is -3.90. The SMILES string of the molecule is Cc1ccc2nc(NC(=O)COC(=O)c3ccc(NS(=O)(=O)c4ccc5c(c4)OCCO5)cc3)sc2c1. The fourth-order valence-corrected chi connectivity index (χ4v) is 5.59. The fraction of sp³-hybridized carbons (Fsp3) is 0.160. The minimum Gasteiger partial charge on any atom is -0.486 e. The van der Waals surface area contributed by atoms with Crippen LogP contribution in [0.4, 0.5) is 10.8 Å². The maximum Gasteiger partial charge on any atom is 0.338 e. The van der Waals surface area contributed by atoms with Gasteiger partial charge in [-0.2, -0.15) is 0 Å². The highest BCUT2D eigenvalue weighted by Crippen LogP contribution is 2.33. The molecular weight excluding hydrogens is 518 g/mol. The topological polar surface area (TPSA) is 133 Å². The van der Waals surface area contributed by atoms with Gasteiger partial charge in [0, 0.05) is 11.8 Å². The Bertz CT molecular complexity index is 1600. The van der Waals surface area contributed by atoms with E-state index < -0.39 is 28.5 Å². The second-order valence-electron chi connectivity index (χ2n) is 8.10. The van der Waals surface area contributed by atoms with Gasteiger partial charge < -0.3 is 14.2 Å². The lowest BCUT2D eigenvalue weighted by atomic mass is 10.2. The Morgan fingerprint density at radius 3 is 2.54 bits per heavy atom. The molecule has 12 heteroatoms. The summed E-state index contributed by atoms with van der Waals surface area (Å²) < 4.78 is 44.9. The van der Waals surface area contributed by atoms with Gasteiger partial charge in [0.05, 0.1) is 20.7 Å². The minimum absolute atomic E-state index is 0.00881. The zero-order valence-corrected chi connectivity index (χ0v) is 21.1. The molecule has 3 aromatic carbocycles. The van der Waals surface area contributed by atoms with Crippen molar-refractivity contribution in [3.8, 4) is 11.5 Å². The van der Waals surface area contributed by atoms with Crippen molar-refractivity contribution in [3.05, 3.63) is 71.8 Å². The third kappa shape index (κ3) is 5.65. The van der Waals surface area contributed by atoms with Crippen LogP contribution in [0.15, 0.2) is 65.6 Å². The van der Waals surface area contributed by atoms with Gasteiger partial charge in [0.25, 0.3) is 15.9 Å². The summed E-state index contributed by atoms with van der Waals surface area (Å²) in [6, 6.07) is 15.8. The Morgan fingerprint density at radius 1 is 1.00 bits per heavy atom. The molecule has 2 N–H and O–H groups in total. The third-order valence-electron chi connectivity index (χ3n) is 5.32. The third-order valence-corrected chi connectivity index (χ3v) is 7.63. The second kappa shape index (κ2) is 10.1. The van der Waals surface area contributed by atoms with Crippen molar-refractivity contribution >= 4 is 54.3 Å². The molecule has 1 amide bonds. The number of benzene rings is 3. The smallest absolute Gasteiger partial charge is 0.338 e. The average Bonchev–Trinajstić information content (AvgIpc) is 3.28. The number of nitrogens with one attached hydrogen (secondary N) is 2. The zero-order chi connectivity index (χ0) is 26.0. The molecule has 0 unspecified atom stereocenters. The summed E-state index contributed by atoms with van der Waals surface area (Å²) in [6.45, 7) is 2.22. The molecule has 10 nitrogen and oxygen atoms in total. The normalized spacial score (nSPS) is 12.7. The van der Waals surface area contributed by atoms with Crippen LogP contribution >= 0.6 is 11.3 Å². The lowest BCUT2D eigenvalue weighted by Crippen LogP contribution is -2.20. The molecule has 1 aromatic heterocycles. The van der Waals surface area contributed by atoms with Crippen molar-refractivity contribution in [3.63, 3.8) is 0 Å². The van der Waals surface area contributed by atoms with E-state index in [1.165, 1.54) is 53.8 Å². The fourth-order valence-electron chi connectivity index (χ4n) is 3.53. The van der Waals surface area contributed by atoms with Crippen LogP contribution in [0.2, 0.25) is 0 Å². The Balaban J connectivity index is 1.16. The van der Waals surface area contributed by atoms with Crippen molar-refractivity contribution in [2.45, 2.75) is 11.8 Å². The van der Waals surface area contributed by atoms with E-state index in [-0.39, 0.29) is 16.1 Å². The Labute approximate surface area is 216 Å². The first-order chi connectivity index (χ1) is 17.8. The molecule has 0 bridgehead atoms. The maximum absolute atomic E-state index is 12.8.